The van der Waals surface area contributed by atoms with Gasteiger partial charge in [-0.3, -0.25) is 14.6 Å². The molecule has 0 saturated carbocycles. The number of piperidine rings is 1. The Hall–Kier alpha value is -3.28. The van der Waals surface area contributed by atoms with E-state index in [0.29, 0.717) is 31.4 Å². The third-order valence-corrected chi connectivity index (χ3v) is 5.88. The molecule has 3 aromatic rings. The smallest absolute Gasteiger partial charge is 0.314 e. The summed E-state index contributed by atoms with van der Waals surface area (Å²) >= 11 is 0. The SMILES string of the molecule is CCOC(=O)C1(Cc2ccc(F)cc2)CCCN(C(=O)c2ccc3ncccc3c2)C1. The quantitative estimate of drug-likeness (QED) is 0.574. The van der Waals surface area contributed by atoms with Gasteiger partial charge in [-0.15, -0.1) is 0 Å². The number of rotatable bonds is 5. The van der Waals surface area contributed by atoms with Crippen molar-refractivity contribution in [1.82, 2.24) is 9.88 Å². The van der Waals surface area contributed by atoms with Gasteiger partial charge in [-0.2, -0.15) is 0 Å². The molecule has 1 atom stereocenters. The molecule has 0 aliphatic carbocycles. The molecule has 1 aromatic heterocycles. The molecule has 0 N–H and O–H groups in total. The minimum Gasteiger partial charge on any atom is -0.466 e. The van der Waals surface area contributed by atoms with Gasteiger partial charge in [-0.25, -0.2) is 4.39 Å². The van der Waals surface area contributed by atoms with E-state index in [0.717, 1.165) is 16.5 Å². The molecule has 1 aliphatic rings. The molecule has 5 nitrogen and oxygen atoms in total. The highest BCUT2D eigenvalue weighted by molar-refractivity contribution is 5.98. The van der Waals surface area contributed by atoms with Gasteiger partial charge in [0.15, 0.2) is 0 Å². The number of pyridine rings is 1. The molecular weight excluding hydrogens is 395 g/mol. The Bertz CT molecular complexity index is 1100. The summed E-state index contributed by atoms with van der Waals surface area (Å²) in [6.07, 6.45) is 3.44. The maximum Gasteiger partial charge on any atom is 0.314 e. The molecule has 4 rings (SSSR count). The van der Waals surface area contributed by atoms with E-state index in [1.165, 1.54) is 12.1 Å². The van der Waals surface area contributed by atoms with Gasteiger partial charge in [0.1, 0.15) is 5.82 Å². The number of hydrogen-bond donors (Lipinski definition) is 0. The first-order chi connectivity index (χ1) is 15.0. The maximum absolute atomic E-state index is 13.4. The molecule has 2 heterocycles. The van der Waals surface area contributed by atoms with E-state index in [1.54, 1.807) is 36.2 Å². The molecule has 1 aliphatic heterocycles. The van der Waals surface area contributed by atoms with E-state index in [-0.39, 0.29) is 30.8 Å². The van der Waals surface area contributed by atoms with Crippen molar-refractivity contribution >= 4 is 22.8 Å². The van der Waals surface area contributed by atoms with Gasteiger partial charge in [0, 0.05) is 30.2 Å². The molecule has 6 heteroatoms. The topological polar surface area (TPSA) is 59.5 Å². The number of nitrogens with zero attached hydrogens (tertiary/aromatic N) is 2. The van der Waals surface area contributed by atoms with Crippen LogP contribution in [0.3, 0.4) is 0 Å². The Morgan fingerprint density at radius 3 is 2.74 bits per heavy atom. The minimum absolute atomic E-state index is 0.113. The van der Waals surface area contributed by atoms with Gasteiger partial charge in [0.05, 0.1) is 17.5 Å². The number of hydrogen-bond acceptors (Lipinski definition) is 4. The van der Waals surface area contributed by atoms with Crippen molar-refractivity contribution in [2.24, 2.45) is 5.41 Å². The van der Waals surface area contributed by atoms with Crippen molar-refractivity contribution < 1.29 is 18.7 Å². The van der Waals surface area contributed by atoms with Crippen molar-refractivity contribution in [3.05, 3.63) is 77.7 Å². The first-order valence-corrected chi connectivity index (χ1v) is 10.6. The fourth-order valence-corrected chi connectivity index (χ4v) is 4.36. The van der Waals surface area contributed by atoms with Gasteiger partial charge in [-0.1, -0.05) is 18.2 Å². The number of carbonyl (C=O) groups is 2. The van der Waals surface area contributed by atoms with Crippen molar-refractivity contribution in [3.63, 3.8) is 0 Å². The zero-order valence-corrected chi connectivity index (χ0v) is 17.5. The molecule has 0 radical (unpaired) electrons. The van der Waals surface area contributed by atoms with Crippen molar-refractivity contribution in [1.29, 1.82) is 0 Å². The Kier molecular flexibility index (Phi) is 5.98. The summed E-state index contributed by atoms with van der Waals surface area (Å²) in [4.78, 5) is 32.4. The van der Waals surface area contributed by atoms with E-state index in [4.69, 9.17) is 4.74 Å². The summed E-state index contributed by atoms with van der Waals surface area (Å²) in [5.74, 6) is -0.738. The lowest BCUT2D eigenvalue weighted by Crippen LogP contribution is -2.51. The number of esters is 1. The van der Waals surface area contributed by atoms with Crippen LogP contribution in [0.25, 0.3) is 10.9 Å². The van der Waals surface area contributed by atoms with Crippen LogP contribution >= 0.6 is 0 Å². The van der Waals surface area contributed by atoms with Crippen LogP contribution in [-0.4, -0.2) is 41.5 Å². The van der Waals surface area contributed by atoms with Crippen LogP contribution in [0.15, 0.2) is 60.8 Å². The van der Waals surface area contributed by atoms with Crippen molar-refractivity contribution in [2.45, 2.75) is 26.2 Å². The zero-order chi connectivity index (χ0) is 21.8. The Labute approximate surface area is 180 Å². The van der Waals surface area contributed by atoms with Crippen LogP contribution in [-0.2, 0) is 16.0 Å². The summed E-state index contributed by atoms with van der Waals surface area (Å²) in [5, 5.41) is 0.897. The predicted molar refractivity (Wildman–Crippen MR) is 116 cm³/mol. The molecule has 1 amide bonds. The fraction of sp³-hybridized carbons (Fsp3) is 0.320. The maximum atomic E-state index is 13.4. The van der Waals surface area contributed by atoms with Crippen molar-refractivity contribution in [2.75, 3.05) is 19.7 Å². The first kappa shape index (κ1) is 21.0. The number of amides is 1. The van der Waals surface area contributed by atoms with Crippen LogP contribution in [0.5, 0.6) is 0 Å². The van der Waals surface area contributed by atoms with Gasteiger partial charge >= 0.3 is 5.97 Å². The van der Waals surface area contributed by atoms with E-state index in [2.05, 4.69) is 4.98 Å². The average Bonchev–Trinajstić information content (AvgIpc) is 2.80. The summed E-state index contributed by atoms with van der Waals surface area (Å²) in [6.45, 7) is 2.90. The first-order valence-electron chi connectivity index (χ1n) is 10.6. The van der Waals surface area contributed by atoms with E-state index in [1.807, 2.05) is 24.3 Å². The number of fused-ring (bicyclic) bond motifs is 1. The predicted octanol–water partition coefficient (Wildman–Crippen LogP) is 4.40. The Balaban J connectivity index is 1.61. The molecule has 31 heavy (non-hydrogen) atoms. The second-order valence-corrected chi connectivity index (χ2v) is 8.05. The lowest BCUT2D eigenvalue weighted by molar-refractivity contribution is -0.158. The zero-order valence-electron chi connectivity index (χ0n) is 17.5. The second kappa shape index (κ2) is 8.84. The molecule has 0 bridgehead atoms. The highest BCUT2D eigenvalue weighted by atomic mass is 19.1. The average molecular weight is 420 g/mol. The lowest BCUT2D eigenvalue weighted by atomic mass is 9.75. The largest absolute Gasteiger partial charge is 0.466 e. The standard InChI is InChI=1S/C25H25FN2O3/c1-2-31-24(30)25(16-18-6-9-21(26)10-7-18)12-4-14-28(17-25)23(29)20-8-11-22-19(15-20)5-3-13-27-22/h3,5-11,13,15H,2,4,12,14,16-17H2,1H3. The highest BCUT2D eigenvalue weighted by Gasteiger charge is 2.45. The molecule has 0 spiro atoms. The third kappa shape index (κ3) is 4.43. The highest BCUT2D eigenvalue weighted by Crippen LogP contribution is 2.36. The van der Waals surface area contributed by atoms with E-state index < -0.39 is 5.41 Å². The van der Waals surface area contributed by atoms with Crippen LogP contribution in [0.4, 0.5) is 4.39 Å². The van der Waals surface area contributed by atoms with Crippen LogP contribution in [0.1, 0.15) is 35.7 Å². The number of halogens is 1. The number of likely N-dealkylation sites (tertiary alicyclic amines) is 1. The lowest BCUT2D eigenvalue weighted by Gasteiger charge is -2.41. The van der Waals surface area contributed by atoms with E-state index in [9.17, 15) is 14.0 Å². The number of aromatic nitrogens is 1. The Morgan fingerprint density at radius 1 is 1.16 bits per heavy atom. The summed E-state index contributed by atoms with van der Waals surface area (Å²) in [7, 11) is 0. The molecule has 1 fully saturated rings. The van der Waals surface area contributed by atoms with Gasteiger partial charge < -0.3 is 9.64 Å². The molecule has 160 valence electrons. The van der Waals surface area contributed by atoms with Gasteiger partial charge in [0.2, 0.25) is 0 Å². The van der Waals surface area contributed by atoms with Crippen LogP contribution in [0, 0.1) is 11.2 Å². The molecule has 1 saturated heterocycles. The summed E-state index contributed by atoms with van der Waals surface area (Å²) < 4.78 is 18.8. The fourth-order valence-electron chi connectivity index (χ4n) is 4.36. The molecular formula is C25H25FN2O3. The minimum atomic E-state index is -0.847. The third-order valence-electron chi connectivity index (χ3n) is 5.88. The second-order valence-electron chi connectivity index (χ2n) is 8.05. The van der Waals surface area contributed by atoms with Crippen molar-refractivity contribution in [3.8, 4) is 0 Å². The summed E-state index contributed by atoms with van der Waals surface area (Å²) in [5.41, 5.74) is 1.40. The molecule has 1 unspecified atom stereocenters. The molecule has 2 aromatic carbocycles. The number of benzene rings is 2. The monoisotopic (exact) mass is 420 g/mol. The van der Waals surface area contributed by atoms with Gasteiger partial charge in [-0.05, 0) is 68.1 Å². The summed E-state index contributed by atoms with van der Waals surface area (Å²) in [6, 6.07) is 15.4. The van der Waals surface area contributed by atoms with E-state index >= 15 is 0 Å². The number of carbonyl (C=O) groups excluding carboxylic acids is 2. The Morgan fingerprint density at radius 2 is 1.97 bits per heavy atom. The van der Waals surface area contributed by atoms with Crippen LogP contribution in [0.2, 0.25) is 0 Å². The number of ether oxygens (including phenoxy) is 1. The normalized spacial score (nSPS) is 18.7. The van der Waals surface area contributed by atoms with Crippen LogP contribution < -0.4 is 0 Å². The van der Waals surface area contributed by atoms with Gasteiger partial charge in [0.25, 0.3) is 5.91 Å².